The Morgan fingerprint density at radius 3 is 2.58 bits per heavy atom. The topological polar surface area (TPSA) is 73.4 Å². The highest BCUT2D eigenvalue weighted by Gasteiger charge is 2.31. The average Bonchev–Trinajstić information content (AvgIpc) is 2.63. The van der Waals surface area contributed by atoms with E-state index in [-0.39, 0.29) is 30.1 Å². The first-order valence-corrected chi connectivity index (χ1v) is 11.0. The predicted octanol–water partition coefficient (Wildman–Crippen LogP) is 2.36. The smallest absolute Gasteiger partial charge is 0.225 e. The Bertz CT molecular complexity index is 446. The Morgan fingerprint density at radius 1 is 1.12 bits per heavy atom. The fourth-order valence-corrected chi connectivity index (χ4v) is 5.36. The van der Waals surface area contributed by atoms with Gasteiger partial charge in [-0.15, -0.1) is 11.6 Å². The number of amides is 1. The Labute approximate surface area is 163 Å². The monoisotopic (exact) mass is 385 g/mol. The maximum atomic E-state index is 12.5. The van der Waals surface area contributed by atoms with Crippen LogP contribution in [0.4, 0.5) is 0 Å². The van der Waals surface area contributed by atoms with Crippen molar-refractivity contribution in [3.63, 3.8) is 0 Å². The largest absolute Gasteiger partial charge is 0.392 e. The summed E-state index contributed by atoms with van der Waals surface area (Å²) >= 11 is 6.33. The third-order valence-electron chi connectivity index (χ3n) is 6.62. The molecule has 3 aliphatic rings. The summed E-state index contributed by atoms with van der Waals surface area (Å²) in [6.07, 6.45) is 9.94. The molecule has 26 heavy (non-hydrogen) atoms. The zero-order chi connectivity index (χ0) is 18.5. The highest BCUT2D eigenvalue weighted by molar-refractivity contribution is 6.20. The summed E-state index contributed by atoms with van der Waals surface area (Å²) in [6, 6.07) is 0.125. The Hall–Kier alpha value is -0.360. The number of halogens is 1. The molecule has 3 rings (SSSR count). The Balaban J connectivity index is 1.34. The van der Waals surface area contributed by atoms with E-state index in [0.29, 0.717) is 11.9 Å². The molecule has 2 heterocycles. The molecule has 2 aliphatic heterocycles. The van der Waals surface area contributed by atoms with Crippen LogP contribution in [0.15, 0.2) is 0 Å². The zero-order valence-corrected chi connectivity index (χ0v) is 16.8. The number of aliphatic hydroxyl groups is 1. The second-order valence-corrected chi connectivity index (χ2v) is 9.43. The Kier molecular flexibility index (Phi) is 7.62. The van der Waals surface area contributed by atoms with E-state index in [2.05, 4.69) is 16.0 Å². The van der Waals surface area contributed by atoms with Gasteiger partial charge in [-0.1, -0.05) is 12.8 Å². The molecule has 0 aromatic heterocycles. The summed E-state index contributed by atoms with van der Waals surface area (Å²) in [6.45, 7) is 3.47. The predicted molar refractivity (Wildman–Crippen MR) is 105 cm³/mol. The number of carbonyl (C=O) groups excluding carboxylic acids is 1. The minimum absolute atomic E-state index is 0.0208. The Morgan fingerprint density at radius 2 is 1.96 bits per heavy atom. The lowest BCUT2D eigenvalue weighted by atomic mass is 9.80. The van der Waals surface area contributed by atoms with Gasteiger partial charge in [0.2, 0.25) is 5.91 Å². The molecule has 0 aromatic carbocycles. The van der Waals surface area contributed by atoms with E-state index in [4.69, 9.17) is 11.6 Å². The second-order valence-electron chi connectivity index (χ2n) is 8.81. The third-order valence-corrected chi connectivity index (χ3v) is 7.02. The van der Waals surface area contributed by atoms with Crippen LogP contribution in [-0.2, 0) is 4.79 Å². The zero-order valence-electron chi connectivity index (χ0n) is 16.1. The van der Waals surface area contributed by atoms with Gasteiger partial charge in [-0.3, -0.25) is 10.1 Å². The number of carbonyl (C=O) groups is 1. The van der Waals surface area contributed by atoms with E-state index < -0.39 is 0 Å². The van der Waals surface area contributed by atoms with Crippen molar-refractivity contribution in [1.82, 2.24) is 16.0 Å². The third kappa shape index (κ3) is 5.82. The maximum Gasteiger partial charge on any atom is 0.225 e. The van der Waals surface area contributed by atoms with Gasteiger partial charge in [0.05, 0.1) is 18.2 Å². The highest BCUT2D eigenvalue weighted by atomic mass is 35.5. The van der Waals surface area contributed by atoms with Crippen molar-refractivity contribution < 1.29 is 9.90 Å². The number of alkyl halides is 1. The SMILES string of the molecule is CC(O)C1CCC(C(=O)NC2CCC(CC3CCCC(Cl)C3)CN2)CN1. The molecule has 6 heteroatoms. The normalized spacial score (nSPS) is 40.0. The van der Waals surface area contributed by atoms with Crippen molar-refractivity contribution in [3.8, 4) is 0 Å². The van der Waals surface area contributed by atoms with Gasteiger partial charge in [-0.25, -0.2) is 0 Å². The standard InChI is InChI=1S/C20H36ClN3O2/c1-13(25)18-7-6-16(12-22-18)20(26)24-19-8-5-15(11-23-19)9-14-3-2-4-17(21)10-14/h13-19,22-23,25H,2-12H2,1H3,(H,24,26). The lowest BCUT2D eigenvalue weighted by molar-refractivity contribution is -0.127. The van der Waals surface area contributed by atoms with Crippen LogP contribution < -0.4 is 16.0 Å². The minimum Gasteiger partial charge on any atom is -0.392 e. The summed E-state index contributed by atoms with van der Waals surface area (Å²) in [7, 11) is 0. The van der Waals surface area contributed by atoms with Gasteiger partial charge >= 0.3 is 0 Å². The first-order valence-electron chi connectivity index (χ1n) is 10.6. The number of hydrogen-bond donors (Lipinski definition) is 4. The molecule has 1 amide bonds. The van der Waals surface area contributed by atoms with Gasteiger partial charge in [0.25, 0.3) is 0 Å². The number of hydrogen-bond acceptors (Lipinski definition) is 4. The fourth-order valence-electron chi connectivity index (χ4n) is 4.95. The molecule has 0 bridgehead atoms. The summed E-state index contributed by atoms with van der Waals surface area (Å²) in [5, 5.41) is 20.1. The number of piperidine rings is 2. The quantitative estimate of drug-likeness (QED) is 0.548. The van der Waals surface area contributed by atoms with E-state index in [1.165, 1.54) is 38.5 Å². The van der Waals surface area contributed by atoms with E-state index >= 15 is 0 Å². The van der Waals surface area contributed by atoms with Crippen LogP contribution >= 0.6 is 11.6 Å². The number of rotatable bonds is 5. The molecule has 4 N–H and O–H groups in total. The van der Waals surface area contributed by atoms with Gasteiger partial charge in [-0.2, -0.15) is 0 Å². The molecule has 0 radical (unpaired) electrons. The van der Waals surface area contributed by atoms with Crippen LogP contribution in [0.25, 0.3) is 0 Å². The van der Waals surface area contributed by atoms with Gasteiger partial charge in [0.15, 0.2) is 0 Å². The molecule has 2 saturated heterocycles. The van der Waals surface area contributed by atoms with Crippen LogP contribution in [0.1, 0.15) is 64.7 Å². The summed E-state index contributed by atoms with van der Waals surface area (Å²) in [5.41, 5.74) is 0. The number of nitrogens with one attached hydrogen (secondary N) is 3. The molecule has 7 unspecified atom stereocenters. The van der Waals surface area contributed by atoms with Crippen LogP contribution in [0.2, 0.25) is 0 Å². The second kappa shape index (κ2) is 9.72. The van der Waals surface area contributed by atoms with E-state index in [0.717, 1.165) is 37.6 Å². The summed E-state index contributed by atoms with van der Waals surface area (Å²) in [5.74, 6) is 1.68. The molecular formula is C20H36ClN3O2. The molecule has 5 nitrogen and oxygen atoms in total. The van der Waals surface area contributed by atoms with Crippen LogP contribution in [0.3, 0.4) is 0 Å². The molecular weight excluding hydrogens is 350 g/mol. The van der Waals surface area contributed by atoms with Crippen molar-refractivity contribution in [2.24, 2.45) is 17.8 Å². The van der Waals surface area contributed by atoms with Crippen molar-refractivity contribution >= 4 is 17.5 Å². The summed E-state index contributed by atoms with van der Waals surface area (Å²) in [4.78, 5) is 12.5. The van der Waals surface area contributed by atoms with Gasteiger partial charge in [-0.05, 0) is 70.3 Å². The van der Waals surface area contributed by atoms with E-state index in [9.17, 15) is 9.90 Å². The molecule has 1 aliphatic carbocycles. The van der Waals surface area contributed by atoms with Gasteiger partial charge in [0.1, 0.15) is 0 Å². The van der Waals surface area contributed by atoms with Crippen molar-refractivity contribution in [1.29, 1.82) is 0 Å². The first kappa shape index (κ1) is 20.4. The van der Waals surface area contributed by atoms with Crippen LogP contribution in [-0.4, -0.2) is 47.8 Å². The molecule has 3 fully saturated rings. The van der Waals surface area contributed by atoms with E-state index in [1.54, 1.807) is 6.92 Å². The molecule has 0 aromatic rings. The molecule has 0 spiro atoms. The van der Waals surface area contributed by atoms with Crippen molar-refractivity contribution in [2.75, 3.05) is 13.1 Å². The average molecular weight is 386 g/mol. The van der Waals surface area contributed by atoms with Gasteiger partial charge < -0.3 is 15.7 Å². The lowest BCUT2D eigenvalue weighted by Gasteiger charge is -2.36. The molecule has 7 atom stereocenters. The minimum atomic E-state index is -0.353. The number of aliphatic hydroxyl groups excluding tert-OH is 1. The fraction of sp³-hybridized carbons (Fsp3) is 0.950. The molecule has 150 valence electrons. The highest BCUT2D eigenvalue weighted by Crippen LogP contribution is 2.33. The van der Waals surface area contributed by atoms with E-state index in [1.807, 2.05) is 0 Å². The van der Waals surface area contributed by atoms with Gasteiger partial charge in [0, 0.05) is 18.0 Å². The van der Waals surface area contributed by atoms with Crippen LogP contribution in [0.5, 0.6) is 0 Å². The van der Waals surface area contributed by atoms with Crippen LogP contribution in [0, 0.1) is 17.8 Å². The maximum absolute atomic E-state index is 12.5. The summed E-state index contributed by atoms with van der Waals surface area (Å²) < 4.78 is 0. The lowest BCUT2D eigenvalue weighted by Crippen LogP contribution is -2.54. The van der Waals surface area contributed by atoms with Crippen molar-refractivity contribution in [3.05, 3.63) is 0 Å². The molecule has 1 saturated carbocycles. The van der Waals surface area contributed by atoms with Crippen molar-refractivity contribution in [2.45, 2.75) is 88.4 Å². The first-order chi connectivity index (χ1) is 12.5.